The summed E-state index contributed by atoms with van der Waals surface area (Å²) in [5.41, 5.74) is -3.72. The van der Waals surface area contributed by atoms with Crippen molar-refractivity contribution in [3.8, 4) is 0 Å². The van der Waals surface area contributed by atoms with Crippen molar-refractivity contribution in [1.82, 2.24) is 5.32 Å². The van der Waals surface area contributed by atoms with Gasteiger partial charge in [0, 0.05) is 11.6 Å². The van der Waals surface area contributed by atoms with Gasteiger partial charge in [0.05, 0.1) is 11.1 Å². The Labute approximate surface area is 201 Å². The molecule has 0 aliphatic carbocycles. The maximum absolute atomic E-state index is 13.2. The van der Waals surface area contributed by atoms with Crippen molar-refractivity contribution in [1.29, 1.82) is 0 Å². The first-order valence-electron chi connectivity index (χ1n) is 10.8. The number of halogens is 6. The summed E-state index contributed by atoms with van der Waals surface area (Å²) in [6.07, 6.45) is -9.58. The molecule has 0 saturated heterocycles. The van der Waals surface area contributed by atoms with Gasteiger partial charge in [-0.15, -0.1) is 0 Å². The molecule has 0 unspecified atom stereocenters. The van der Waals surface area contributed by atoms with Crippen LogP contribution in [0.5, 0.6) is 0 Å². The number of hydrogen-bond acceptors (Lipinski definition) is 1. The molecule has 0 aliphatic heterocycles. The molecule has 0 radical (unpaired) electrons. The highest BCUT2D eigenvalue weighted by Gasteiger charge is 2.37. The van der Waals surface area contributed by atoms with Crippen molar-refractivity contribution in [3.05, 3.63) is 95.6 Å². The molecule has 1 amide bonds. The van der Waals surface area contributed by atoms with E-state index < -0.39 is 48.9 Å². The van der Waals surface area contributed by atoms with Crippen molar-refractivity contribution >= 4 is 24.4 Å². The second-order valence-electron chi connectivity index (χ2n) is 8.40. The number of hydrogen-bond donors (Lipinski definition) is 1. The summed E-state index contributed by atoms with van der Waals surface area (Å²) >= 11 is 0. The van der Waals surface area contributed by atoms with Crippen LogP contribution in [0.1, 0.15) is 35.3 Å². The second-order valence-corrected chi connectivity index (χ2v) is 10.7. The Bertz CT molecular complexity index is 1060. The molecule has 0 spiro atoms. The van der Waals surface area contributed by atoms with E-state index in [9.17, 15) is 31.1 Å². The van der Waals surface area contributed by atoms with Gasteiger partial charge in [0.2, 0.25) is 0 Å². The molecule has 2 nitrogen and oxygen atoms in total. The van der Waals surface area contributed by atoms with Gasteiger partial charge in [0.1, 0.15) is 0 Å². The highest BCUT2D eigenvalue weighted by molar-refractivity contribution is 7.73. The van der Waals surface area contributed by atoms with Gasteiger partial charge in [0.25, 0.3) is 5.91 Å². The largest absolute Gasteiger partial charge is 0.416 e. The molecule has 35 heavy (non-hydrogen) atoms. The van der Waals surface area contributed by atoms with Crippen molar-refractivity contribution in [3.63, 3.8) is 0 Å². The summed E-state index contributed by atoms with van der Waals surface area (Å²) in [6, 6.07) is 19.7. The molecular weight excluding hydrogens is 487 g/mol. The highest BCUT2D eigenvalue weighted by atomic mass is 31.1. The predicted molar refractivity (Wildman–Crippen MR) is 126 cm³/mol. The third-order valence-corrected chi connectivity index (χ3v) is 8.09. The molecule has 1 atom stereocenters. The van der Waals surface area contributed by atoms with Crippen LogP contribution < -0.4 is 15.9 Å². The molecule has 1 N–H and O–H groups in total. The Kier molecular flexibility index (Phi) is 8.26. The van der Waals surface area contributed by atoms with Gasteiger partial charge in [-0.05, 0) is 48.8 Å². The zero-order valence-electron chi connectivity index (χ0n) is 19.0. The minimum atomic E-state index is -5.03. The third kappa shape index (κ3) is 7.07. The Morgan fingerprint density at radius 3 is 1.57 bits per heavy atom. The lowest BCUT2D eigenvalue weighted by Crippen LogP contribution is -2.42. The molecule has 186 valence electrons. The molecule has 3 rings (SSSR count). The van der Waals surface area contributed by atoms with Crippen molar-refractivity contribution in [2.75, 3.05) is 6.16 Å². The maximum Gasteiger partial charge on any atom is 0.416 e. The van der Waals surface area contributed by atoms with E-state index in [2.05, 4.69) is 5.32 Å². The van der Waals surface area contributed by atoms with Gasteiger partial charge < -0.3 is 5.32 Å². The maximum atomic E-state index is 13.2. The quantitative estimate of drug-likeness (QED) is 0.281. The number of alkyl halides is 6. The van der Waals surface area contributed by atoms with E-state index in [1.165, 1.54) is 0 Å². The zero-order chi connectivity index (χ0) is 25.8. The number of amides is 1. The average molecular weight is 511 g/mol. The summed E-state index contributed by atoms with van der Waals surface area (Å²) in [5, 5.41) is 4.80. The van der Waals surface area contributed by atoms with Crippen LogP contribution in [0.2, 0.25) is 0 Å². The molecular formula is C26H24F6NOP. The molecule has 3 aromatic rings. The Morgan fingerprint density at radius 2 is 1.20 bits per heavy atom. The van der Waals surface area contributed by atoms with E-state index in [1.807, 2.05) is 74.5 Å². The normalized spacial score (nSPS) is 13.2. The first kappa shape index (κ1) is 26.7. The van der Waals surface area contributed by atoms with Gasteiger partial charge in [-0.1, -0.05) is 74.5 Å². The van der Waals surface area contributed by atoms with Crippen LogP contribution in [-0.2, 0) is 12.4 Å². The fourth-order valence-corrected chi connectivity index (χ4v) is 6.22. The molecule has 0 fully saturated rings. The van der Waals surface area contributed by atoms with Gasteiger partial charge in [0.15, 0.2) is 0 Å². The highest BCUT2D eigenvalue weighted by Crippen LogP contribution is 2.37. The van der Waals surface area contributed by atoms with Crippen LogP contribution in [0.3, 0.4) is 0 Å². The zero-order valence-corrected chi connectivity index (χ0v) is 19.9. The second kappa shape index (κ2) is 10.8. The fraction of sp³-hybridized carbons (Fsp3) is 0.269. The molecule has 0 aliphatic rings. The average Bonchev–Trinajstić information content (AvgIpc) is 2.81. The Hall–Kier alpha value is -2.86. The fourth-order valence-electron chi connectivity index (χ4n) is 3.53. The van der Waals surface area contributed by atoms with E-state index in [0.29, 0.717) is 18.3 Å². The van der Waals surface area contributed by atoms with E-state index >= 15 is 0 Å². The van der Waals surface area contributed by atoms with Crippen LogP contribution in [0.25, 0.3) is 0 Å². The third-order valence-electron chi connectivity index (χ3n) is 5.49. The lowest BCUT2D eigenvalue weighted by molar-refractivity contribution is -0.143. The Balaban J connectivity index is 1.94. The smallest absolute Gasteiger partial charge is 0.349 e. The first-order chi connectivity index (χ1) is 16.4. The standard InChI is InChI=1S/C26H24F6NOP/c1-17(2)23(16-35(21-9-5-3-6-10-21)22-11-7-4-8-12-22)33-24(34)18-13-19(25(27,28)29)15-20(14-18)26(30,31)32/h3-15,17,23H,16H2,1-2H3,(H,33,34)/t23-/m1/s1. The van der Waals surface area contributed by atoms with Gasteiger partial charge in [-0.2, -0.15) is 26.3 Å². The van der Waals surface area contributed by atoms with Gasteiger partial charge >= 0.3 is 12.4 Å². The van der Waals surface area contributed by atoms with Gasteiger partial charge in [-0.3, -0.25) is 4.79 Å². The van der Waals surface area contributed by atoms with Crippen molar-refractivity contribution < 1.29 is 31.1 Å². The van der Waals surface area contributed by atoms with Crippen LogP contribution in [0.15, 0.2) is 78.9 Å². The lowest BCUT2D eigenvalue weighted by Gasteiger charge is -2.28. The summed E-state index contributed by atoms with van der Waals surface area (Å²) in [7, 11) is -0.946. The van der Waals surface area contributed by atoms with Crippen molar-refractivity contribution in [2.45, 2.75) is 32.2 Å². The van der Waals surface area contributed by atoms with Crippen molar-refractivity contribution in [2.24, 2.45) is 5.92 Å². The minimum absolute atomic E-state index is 0.0147. The number of nitrogens with one attached hydrogen (secondary N) is 1. The topological polar surface area (TPSA) is 29.1 Å². The first-order valence-corrected chi connectivity index (χ1v) is 12.4. The summed E-state index contributed by atoms with van der Waals surface area (Å²) in [5.74, 6) is -1.10. The predicted octanol–water partition coefficient (Wildman–Crippen LogP) is 6.61. The number of carbonyl (C=O) groups is 1. The SMILES string of the molecule is CC(C)[C@@H](CP(c1ccccc1)c1ccccc1)NC(=O)c1cc(C(F)(F)F)cc(C(F)(F)F)c1. The molecule has 0 saturated carbocycles. The monoisotopic (exact) mass is 511 g/mol. The molecule has 3 aromatic carbocycles. The summed E-state index contributed by atoms with van der Waals surface area (Å²) < 4.78 is 79.4. The molecule has 0 bridgehead atoms. The number of rotatable bonds is 7. The van der Waals surface area contributed by atoms with Gasteiger partial charge in [-0.25, -0.2) is 0 Å². The number of carbonyl (C=O) groups excluding carboxylic acids is 1. The molecule has 9 heteroatoms. The number of benzene rings is 3. The minimum Gasteiger partial charge on any atom is -0.349 e. The van der Waals surface area contributed by atoms with Crippen LogP contribution >= 0.6 is 7.92 Å². The van der Waals surface area contributed by atoms with Crippen LogP contribution in [0, 0.1) is 5.92 Å². The lowest BCUT2D eigenvalue weighted by atomic mass is 10.0. The molecule has 0 heterocycles. The summed E-state index contributed by atoms with van der Waals surface area (Å²) in [4.78, 5) is 12.9. The summed E-state index contributed by atoms with van der Waals surface area (Å²) in [6.45, 7) is 3.70. The van der Waals surface area contributed by atoms with Crippen LogP contribution in [-0.4, -0.2) is 18.1 Å². The molecule has 0 aromatic heterocycles. The van der Waals surface area contributed by atoms with Crippen LogP contribution in [0.4, 0.5) is 26.3 Å². The van der Waals surface area contributed by atoms with E-state index in [4.69, 9.17) is 0 Å². The van der Waals surface area contributed by atoms with E-state index in [0.717, 1.165) is 10.6 Å². The van der Waals surface area contributed by atoms with E-state index in [-0.39, 0.29) is 12.0 Å². The van der Waals surface area contributed by atoms with E-state index in [1.54, 1.807) is 0 Å². The Morgan fingerprint density at radius 1 is 0.771 bits per heavy atom.